The number of amides is 1. The topological polar surface area (TPSA) is 69.0 Å². The van der Waals surface area contributed by atoms with Crippen LogP contribution >= 0.6 is 11.3 Å². The molecule has 1 amide bonds. The van der Waals surface area contributed by atoms with Gasteiger partial charge in [0.1, 0.15) is 5.82 Å². The molecule has 1 atom stereocenters. The molecule has 1 saturated heterocycles. The Labute approximate surface area is 156 Å². The molecule has 1 aromatic carbocycles. The highest BCUT2D eigenvalue weighted by molar-refractivity contribution is 7.22. The summed E-state index contributed by atoms with van der Waals surface area (Å²) in [5.74, 6) is 1.34. The van der Waals surface area contributed by atoms with Gasteiger partial charge in [-0.3, -0.25) is 4.79 Å². The number of carbonyl (C=O) groups excluding carboxylic acids is 1. The number of nitrogens with zero attached hydrogens (tertiary/aromatic N) is 3. The van der Waals surface area contributed by atoms with Gasteiger partial charge in [-0.1, -0.05) is 11.3 Å². The fourth-order valence-electron chi connectivity index (χ4n) is 3.55. The average molecular weight is 370 g/mol. The summed E-state index contributed by atoms with van der Waals surface area (Å²) in [5.41, 5.74) is 1.83. The molecule has 6 nitrogen and oxygen atoms in total. The summed E-state index contributed by atoms with van der Waals surface area (Å²) in [6, 6.07) is 6.15. The number of aromatic nitrogens is 3. The third kappa shape index (κ3) is 3.37. The van der Waals surface area contributed by atoms with Crippen LogP contribution in [0.3, 0.4) is 0 Å². The Kier molecular flexibility index (Phi) is 4.28. The second kappa shape index (κ2) is 6.48. The number of hydrogen-bond acceptors (Lipinski definition) is 5. The molecule has 4 rings (SSSR count). The Morgan fingerprint density at radius 1 is 1.42 bits per heavy atom. The maximum absolute atomic E-state index is 11.2. The first-order valence-electron chi connectivity index (χ1n) is 8.77. The molecule has 3 heterocycles. The number of carbonyl (C=O) groups is 1. The van der Waals surface area contributed by atoms with Crippen molar-refractivity contribution in [1.82, 2.24) is 14.5 Å². The number of benzene rings is 1. The fourth-order valence-corrected chi connectivity index (χ4v) is 4.50. The number of nitrogens with one attached hydrogen (secondary N) is 1. The number of hydrogen-bond donors (Lipinski definition) is 1. The van der Waals surface area contributed by atoms with Gasteiger partial charge in [-0.05, 0) is 44.9 Å². The number of fused-ring (bicyclic) bond motifs is 1. The normalized spacial score (nSPS) is 19.6. The molecule has 0 spiro atoms. The van der Waals surface area contributed by atoms with Crippen molar-refractivity contribution in [3.63, 3.8) is 0 Å². The maximum atomic E-state index is 11.2. The molecule has 26 heavy (non-hydrogen) atoms. The summed E-state index contributed by atoms with van der Waals surface area (Å²) in [6.07, 6.45) is 5.81. The van der Waals surface area contributed by atoms with E-state index in [9.17, 15) is 4.79 Å². The Bertz CT molecular complexity index is 960. The van der Waals surface area contributed by atoms with Gasteiger partial charge in [0, 0.05) is 37.5 Å². The first-order valence-corrected chi connectivity index (χ1v) is 9.59. The Hall–Kier alpha value is -2.25. The molecule has 7 heteroatoms. The molecular formula is C19H22N4O2S. The summed E-state index contributed by atoms with van der Waals surface area (Å²) < 4.78 is 9.05. The molecule has 1 N–H and O–H groups in total. The Morgan fingerprint density at radius 3 is 3.04 bits per heavy atom. The van der Waals surface area contributed by atoms with Gasteiger partial charge in [0.05, 0.1) is 15.8 Å². The van der Waals surface area contributed by atoms with E-state index in [-0.39, 0.29) is 11.5 Å². The average Bonchev–Trinajstić information content (AvgIpc) is 3.18. The quantitative estimate of drug-likeness (QED) is 0.753. The van der Waals surface area contributed by atoms with Crippen molar-refractivity contribution < 1.29 is 9.53 Å². The van der Waals surface area contributed by atoms with E-state index in [2.05, 4.69) is 45.8 Å². The third-order valence-electron chi connectivity index (χ3n) is 4.66. The highest BCUT2D eigenvalue weighted by Gasteiger charge is 2.32. The highest BCUT2D eigenvalue weighted by atomic mass is 32.1. The predicted molar refractivity (Wildman–Crippen MR) is 103 cm³/mol. The zero-order chi connectivity index (χ0) is 18.3. The summed E-state index contributed by atoms with van der Waals surface area (Å²) in [4.78, 5) is 20.3. The van der Waals surface area contributed by atoms with E-state index in [1.807, 2.05) is 18.5 Å². The van der Waals surface area contributed by atoms with Crippen molar-refractivity contribution in [2.45, 2.75) is 45.1 Å². The molecule has 1 aliphatic rings. The molecule has 0 aliphatic carbocycles. The zero-order valence-corrected chi connectivity index (χ0v) is 16.0. The van der Waals surface area contributed by atoms with Crippen LogP contribution in [0, 0.1) is 0 Å². The van der Waals surface area contributed by atoms with Gasteiger partial charge in [0.2, 0.25) is 5.91 Å². The van der Waals surface area contributed by atoms with Gasteiger partial charge in [0.25, 0.3) is 0 Å². The Balaban J connectivity index is 1.68. The molecule has 1 fully saturated rings. The minimum atomic E-state index is -0.116. The molecule has 0 bridgehead atoms. The summed E-state index contributed by atoms with van der Waals surface area (Å²) in [6.45, 7) is 6.53. The second-order valence-electron chi connectivity index (χ2n) is 7.31. The van der Waals surface area contributed by atoms with Crippen molar-refractivity contribution >= 4 is 32.6 Å². The monoisotopic (exact) mass is 370 g/mol. The molecule has 0 saturated carbocycles. The van der Waals surface area contributed by atoms with E-state index in [0.717, 1.165) is 41.2 Å². The van der Waals surface area contributed by atoms with Crippen molar-refractivity contribution in [2.24, 2.45) is 0 Å². The van der Waals surface area contributed by atoms with Gasteiger partial charge in [-0.2, -0.15) is 0 Å². The van der Waals surface area contributed by atoms with Crippen LogP contribution in [0.5, 0.6) is 0 Å². The van der Waals surface area contributed by atoms with Crippen LogP contribution in [-0.4, -0.2) is 32.7 Å². The smallest absolute Gasteiger partial charge is 0.223 e. The minimum absolute atomic E-state index is 0.108. The lowest BCUT2D eigenvalue weighted by Crippen LogP contribution is -2.33. The third-order valence-corrected chi connectivity index (χ3v) is 5.60. The molecule has 136 valence electrons. The lowest BCUT2D eigenvalue weighted by molar-refractivity contribution is -0.114. The molecule has 2 aromatic heterocycles. The van der Waals surface area contributed by atoms with E-state index >= 15 is 0 Å². The van der Waals surface area contributed by atoms with Crippen LogP contribution in [0.2, 0.25) is 0 Å². The summed E-state index contributed by atoms with van der Waals surface area (Å²) in [7, 11) is 0. The van der Waals surface area contributed by atoms with E-state index in [1.54, 1.807) is 0 Å². The maximum Gasteiger partial charge on any atom is 0.223 e. The number of rotatable bonds is 3. The van der Waals surface area contributed by atoms with E-state index < -0.39 is 0 Å². The van der Waals surface area contributed by atoms with Crippen LogP contribution < -0.4 is 5.32 Å². The lowest BCUT2D eigenvalue weighted by atomic mass is 9.88. The van der Waals surface area contributed by atoms with E-state index in [0.29, 0.717) is 11.0 Å². The number of ether oxygens (including phenoxy) is 1. The zero-order valence-electron chi connectivity index (χ0n) is 15.2. The van der Waals surface area contributed by atoms with Gasteiger partial charge in [0.15, 0.2) is 5.13 Å². The molecule has 0 unspecified atom stereocenters. The lowest BCUT2D eigenvalue weighted by Gasteiger charge is -2.35. The van der Waals surface area contributed by atoms with E-state index in [1.165, 1.54) is 18.3 Å². The van der Waals surface area contributed by atoms with Crippen LogP contribution in [0.4, 0.5) is 5.13 Å². The van der Waals surface area contributed by atoms with Crippen LogP contribution in [0.25, 0.3) is 15.9 Å². The highest BCUT2D eigenvalue weighted by Crippen LogP contribution is 2.36. The van der Waals surface area contributed by atoms with Crippen molar-refractivity contribution in [3.8, 4) is 5.69 Å². The first kappa shape index (κ1) is 17.2. The summed E-state index contributed by atoms with van der Waals surface area (Å²) >= 11 is 1.48. The van der Waals surface area contributed by atoms with Crippen LogP contribution in [0.15, 0.2) is 30.6 Å². The van der Waals surface area contributed by atoms with Crippen molar-refractivity contribution in [1.29, 1.82) is 0 Å². The predicted octanol–water partition coefficient (Wildman–Crippen LogP) is 4.11. The Morgan fingerprint density at radius 2 is 2.27 bits per heavy atom. The van der Waals surface area contributed by atoms with Crippen molar-refractivity contribution in [2.75, 3.05) is 11.9 Å². The van der Waals surface area contributed by atoms with Crippen LogP contribution in [0.1, 0.15) is 45.4 Å². The standard InChI is InChI=1S/C19H22N4O2S/c1-12(24)21-18-22-15-5-4-14(10-16(15)26-18)23-8-7-20-17(23)13-6-9-25-19(2,3)11-13/h4-5,7-8,10,13H,6,9,11H2,1-3H3,(H,21,22,24)/t13-/m1/s1. The SMILES string of the molecule is CC(=O)Nc1nc2ccc(-n3ccnc3[C@@H]3CCOC(C)(C)C3)cc2s1. The van der Waals surface area contributed by atoms with Gasteiger partial charge < -0.3 is 14.6 Å². The molecule has 3 aromatic rings. The minimum Gasteiger partial charge on any atom is -0.376 e. The van der Waals surface area contributed by atoms with Gasteiger partial charge >= 0.3 is 0 Å². The fraction of sp³-hybridized carbons (Fsp3) is 0.421. The molecule has 1 aliphatic heterocycles. The van der Waals surface area contributed by atoms with Gasteiger partial charge in [-0.15, -0.1) is 0 Å². The van der Waals surface area contributed by atoms with Gasteiger partial charge in [-0.25, -0.2) is 9.97 Å². The van der Waals surface area contributed by atoms with Crippen LogP contribution in [-0.2, 0) is 9.53 Å². The number of anilines is 1. The van der Waals surface area contributed by atoms with E-state index in [4.69, 9.17) is 4.74 Å². The first-order chi connectivity index (χ1) is 12.4. The second-order valence-corrected chi connectivity index (χ2v) is 8.34. The molecular weight excluding hydrogens is 348 g/mol. The summed E-state index contributed by atoms with van der Waals surface area (Å²) in [5, 5.41) is 3.38. The number of imidazole rings is 1. The largest absolute Gasteiger partial charge is 0.376 e. The number of thiazole rings is 1. The van der Waals surface area contributed by atoms with Crippen molar-refractivity contribution in [3.05, 3.63) is 36.4 Å². The molecule has 0 radical (unpaired) electrons.